The first-order chi connectivity index (χ1) is 10.1. The monoisotopic (exact) mass is 285 g/mol. The van der Waals surface area contributed by atoms with E-state index in [4.69, 9.17) is 4.42 Å². The van der Waals surface area contributed by atoms with Crippen LogP contribution in [0.2, 0.25) is 0 Å². The fourth-order valence-electron chi connectivity index (χ4n) is 2.32. The van der Waals surface area contributed by atoms with Crippen LogP contribution in [0.15, 0.2) is 28.9 Å². The molecule has 0 aromatic carbocycles. The zero-order valence-corrected chi connectivity index (χ0v) is 12.5. The summed E-state index contributed by atoms with van der Waals surface area (Å²) < 4.78 is 7.51. The van der Waals surface area contributed by atoms with Gasteiger partial charge in [0.1, 0.15) is 12.2 Å². The van der Waals surface area contributed by atoms with Crippen molar-refractivity contribution in [3.05, 3.63) is 41.9 Å². The number of fused-ring (bicyclic) bond motifs is 1. The van der Waals surface area contributed by atoms with Crippen LogP contribution in [0.25, 0.3) is 11.0 Å². The number of aryl methyl sites for hydroxylation is 1. The Labute approximate surface area is 123 Å². The molecular formula is C15H19N5O. The molecule has 0 bridgehead atoms. The van der Waals surface area contributed by atoms with Crippen molar-refractivity contribution < 1.29 is 4.42 Å². The second-order valence-corrected chi connectivity index (χ2v) is 5.41. The van der Waals surface area contributed by atoms with Crippen LogP contribution in [0.5, 0.6) is 0 Å². The normalized spacial score (nSPS) is 11.6. The smallest absolute Gasteiger partial charge is 0.236 e. The van der Waals surface area contributed by atoms with E-state index in [1.807, 2.05) is 6.07 Å². The summed E-state index contributed by atoms with van der Waals surface area (Å²) in [5, 5.41) is 12.5. The Morgan fingerprint density at radius 1 is 1.33 bits per heavy atom. The minimum absolute atomic E-state index is 0.443. The van der Waals surface area contributed by atoms with Gasteiger partial charge in [-0.25, -0.2) is 4.98 Å². The molecule has 6 nitrogen and oxygen atoms in total. The van der Waals surface area contributed by atoms with E-state index in [0.29, 0.717) is 24.4 Å². The highest BCUT2D eigenvalue weighted by atomic mass is 16.4. The fraction of sp³-hybridized carbons (Fsp3) is 0.400. The molecule has 0 aliphatic heterocycles. The maximum absolute atomic E-state index is 5.46. The van der Waals surface area contributed by atoms with Crippen LogP contribution in [-0.2, 0) is 13.1 Å². The maximum Gasteiger partial charge on any atom is 0.236 e. The lowest BCUT2D eigenvalue weighted by atomic mass is 10.2. The summed E-state index contributed by atoms with van der Waals surface area (Å²) in [5.74, 6) is 1.18. The Morgan fingerprint density at radius 2 is 2.19 bits per heavy atom. The van der Waals surface area contributed by atoms with Gasteiger partial charge in [0.15, 0.2) is 0 Å². The first kappa shape index (κ1) is 13.8. The summed E-state index contributed by atoms with van der Waals surface area (Å²) in [4.78, 5) is 4.48. The number of aromatic nitrogens is 4. The minimum Gasteiger partial charge on any atom is -0.424 e. The molecule has 110 valence electrons. The Kier molecular flexibility index (Phi) is 3.70. The van der Waals surface area contributed by atoms with Gasteiger partial charge in [-0.1, -0.05) is 13.8 Å². The van der Waals surface area contributed by atoms with Gasteiger partial charge in [0.2, 0.25) is 11.8 Å². The lowest BCUT2D eigenvalue weighted by molar-refractivity contribution is 0.456. The highest BCUT2D eigenvalue weighted by Gasteiger charge is 2.12. The third kappa shape index (κ3) is 2.95. The summed E-state index contributed by atoms with van der Waals surface area (Å²) in [6.07, 6.45) is 3.91. The molecule has 1 N–H and O–H groups in total. The maximum atomic E-state index is 5.46. The van der Waals surface area contributed by atoms with Crippen LogP contribution < -0.4 is 5.32 Å². The van der Waals surface area contributed by atoms with E-state index in [0.717, 1.165) is 17.6 Å². The molecule has 0 unspecified atom stereocenters. The molecule has 3 aromatic rings. The first-order valence-electron chi connectivity index (χ1n) is 7.08. The van der Waals surface area contributed by atoms with E-state index < -0.39 is 0 Å². The lowest BCUT2D eigenvalue weighted by Crippen LogP contribution is -2.21. The molecule has 3 aromatic heterocycles. The van der Waals surface area contributed by atoms with E-state index >= 15 is 0 Å². The third-order valence-electron chi connectivity index (χ3n) is 3.29. The van der Waals surface area contributed by atoms with E-state index in [1.165, 1.54) is 5.56 Å². The fourth-order valence-corrected chi connectivity index (χ4v) is 2.32. The summed E-state index contributed by atoms with van der Waals surface area (Å²) in [5.41, 5.74) is 2.16. The summed E-state index contributed by atoms with van der Waals surface area (Å²) in [6, 6.07) is 4.50. The largest absolute Gasteiger partial charge is 0.424 e. The van der Waals surface area contributed by atoms with Crippen LogP contribution in [0, 0.1) is 6.92 Å². The number of nitrogens with one attached hydrogen (secondary N) is 1. The molecule has 0 spiro atoms. The molecule has 21 heavy (non-hydrogen) atoms. The van der Waals surface area contributed by atoms with Crippen LogP contribution in [0.4, 0.5) is 0 Å². The lowest BCUT2D eigenvalue weighted by Gasteiger charge is -2.06. The highest BCUT2D eigenvalue weighted by molar-refractivity contribution is 5.80. The number of hydrogen-bond donors (Lipinski definition) is 1. The van der Waals surface area contributed by atoms with E-state index in [2.05, 4.69) is 51.2 Å². The van der Waals surface area contributed by atoms with Gasteiger partial charge in [-0.2, -0.15) is 0 Å². The van der Waals surface area contributed by atoms with Crippen molar-refractivity contribution in [2.45, 2.75) is 39.9 Å². The quantitative estimate of drug-likeness (QED) is 0.779. The highest BCUT2D eigenvalue weighted by Crippen LogP contribution is 2.20. The molecule has 6 heteroatoms. The second kappa shape index (κ2) is 5.65. The molecule has 3 heterocycles. The van der Waals surface area contributed by atoms with Crippen molar-refractivity contribution in [1.82, 2.24) is 25.1 Å². The Balaban J connectivity index is 1.94. The van der Waals surface area contributed by atoms with Gasteiger partial charge in [0, 0.05) is 37.3 Å². The number of pyridine rings is 1. The standard InChI is InChI=1S/C15H19N5O/c1-10(2)17-7-12-8-20(9-14-19-18-11(3)21-14)15-13(12)5-4-6-16-15/h4-6,8,10,17H,7,9H2,1-3H3. The van der Waals surface area contributed by atoms with Crippen LogP contribution in [0.1, 0.15) is 31.2 Å². The van der Waals surface area contributed by atoms with Crippen LogP contribution in [0.3, 0.4) is 0 Å². The minimum atomic E-state index is 0.443. The van der Waals surface area contributed by atoms with Crippen LogP contribution in [-0.4, -0.2) is 25.8 Å². The molecule has 0 saturated heterocycles. The van der Waals surface area contributed by atoms with E-state index in [1.54, 1.807) is 13.1 Å². The molecule has 0 fully saturated rings. The topological polar surface area (TPSA) is 68.8 Å². The predicted octanol–water partition coefficient (Wildman–Crippen LogP) is 2.27. The predicted molar refractivity (Wildman–Crippen MR) is 79.8 cm³/mol. The Bertz CT molecular complexity index is 743. The number of nitrogens with zero attached hydrogens (tertiary/aromatic N) is 4. The Hall–Kier alpha value is -2.21. The van der Waals surface area contributed by atoms with Crippen molar-refractivity contribution in [2.75, 3.05) is 0 Å². The molecule has 0 radical (unpaired) electrons. The summed E-state index contributed by atoms with van der Waals surface area (Å²) in [7, 11) is 0. The van der Waals surface area contributed by atoms with E-state index in [-0.39, 0.29) is 0 Å². The molecule has 0 saturated carbocycles. The zero-order chi connectivity index (χ0) is 14.8. The van der Waals surface area contributed by atoms with E-state index in [9.17, 15) is 0 Å². The van der Waals surface area contributed by atoms with Crippen molar-refractivity contribution in [2.24, 2.45) is 0 Å². The summed E-state index contributed by atoms with van der Waals surface area (Å²) in [6.45, 7) is 7.42. The molecule has 0 aliphatic carbocycles. The van der Waals surface area contributed by atoms with Crippen molar-refractivity contribution in [1.29, 1.82) is 0 Å². The molecule has 0 amide bonds. The van der Waals surface area contributed by atoms with Gasteiger partial charge in [-0.05, 0) is 17.7 Å². The van der Waals surface area contributed by atoms with Crippen LogP contribution >= 0.6 is 0 Å². The second-order valence-electron chi connectivity index (χ2n) is 5.41. The first-order valence-corrected chi connectivity index (χ1v) is 7.08. The molecular weight excluding hydrogens is 266 g/mol. The SMILES string of the molecule is Cc1nnc(Cn2cc(CNC(C)C)c3cccnc32)o1. The van der Waals surface area contributed by atoms with Gasteiger partial charge in [0.25, 0.3) is 0 Å². The number of hydrogen-bond acceptors (Lipinski definition) is 5. The van der Waals surface area contributed by atoms with Crippen molar-refractivity contribution in [3.63, 3.8) is 0 Å². The third-order valence-corrected chi connectivity index (χ3v) is 3.29. The van der Waals surface area contributed by atoms with Crippen molar-refractivity contribution in [3.8, 4) is 0 Å². The average molecular weight is 285 g/mol. The van der Waals surface area contributed by atoms with Gasteiger partial charge < -0.3 is 14.3 Å². The van der Waals surface area contributed by atoms with Gasteiger partial charge >= 0.3 is 0 Å². The van der Waals surface area contributed by atoms with Gasteiger partial charge in [0.05, 0.1) is 0 Å². The van der Waals surface area contributed by atoms with Gasteiger partial charge in [-0.3, -0.25) is 0 Å². The van der Waals surface area contributed by atoms with Crippen molar-refractivity contribution >= 4 is 11.0 Å². The molecule has 3 rings (SSSR count). The van der Waals surface area contributed by atoms with Gasteiger partial charge in [-0.15, -0.1) is 10.2 Å². The zero-order valence-electron chi connectivity index (χ0n) is 12.5. The number of rotatable bonds is 5. The average Bonchev–Trinajstić information content (AvgIpc) is 3.02. The molecule has 0 atom stereocenters. The Morgan fingerprint density at radius 3 is 2.90 bits per heavy atom. The molecule has 0 aliphatic rings. The summed E-state index contributed by atoms with van der Waals surface area (Å²) >= 11 is 0.